The first kappa shape index (κ1) is 20.3. The van der Waals surface area contributed by atoms with Crippen LogP contribution in [0.25, 0.3) is 11.0 Å². The number of hydrogen-bond donors (Lipinski definition) is 3. The largest absolute Gasteiger partial charge is 0.379 e. The molecule has 0 radical (unpaired) electrons. The Hall–Kier alpha value is -3.32. The summed E-state index contributed by atoms with van der Waals surface area (Å²) in [5.74, 6) is 0.633. The number of hydrogen-bond acceptors (Lipinski definition) is 5. The number of H-pyrrole nitrogens is 1. The van der Waals surface area contributed by atoms with Gasteiger partial charge in [0.2, 0.25) is 0 Å². The second kappa shape index (κ2) is 8.56. The molecule has 4 aromatic rings. The van der Waals surface area contributed by atoms with Gasteiger partial charge >= 0.3 is 0 Å². The van der Waals surface area contributed by atoms with Gasteiger partial charge in [-0.05, 0) is 42.7 Å². The number of rotatable bonds is 7. The molecule has 4 heterocycles. The highest BCUT2D eigenvalue weighted by Gasteiger charge is 2.32. The number of nitrogens with two attached hydrogens (primary N) is 1. The Balaban J connectivity index is 1.26. The molecule has 33 heavy (non-hydrogen) atoms. The van der Waals surface area contributed by atoms with Gasteiger partial charge in [-0.25, -0.2) is 4.98 Å². The summed E-state index contributed by atoms with van der Waals surface area (Å²) < 4.78 is 1.99. The lowest BCUT2D eigenvalue weighted by Crippen LogP contribution is -2.43. The van der Waals surface area contributed by atoms with Crippen LogP contribution in [0.2, 0.25) is 0 Å². The molecule has 7 heteroatoms. The van der Waals surface area contributed by atoms with E-state index in [0.29, 0.717) is 12.5 Å². The van der Waals surface area contributed by atoms with Crippen LogP contribution in [0.4, 0.5) is 11.4 Å². The zero-order chi connectivity index (χ0) is 22.2. The maximum atomic E-state index is 6.36. The number of piperidine rings is 1. The van der Waals surface area contributed by atoms with Gasteiger partial charge < -0.3 is 20.9 Å². The Morgan fingerprint density at radius 3 is 2.79 bits per heavy atom. The Morgan fingerprint density at radius 1 is 1.09 bits per heavy atom. The lowest BCUT2D eigenvalue weighted by molar-refractivity contribution is 0.506. The van der Waals surface area contributed by atoms with Crippen molar-refractivity contribution in [1.82, 2.24) is 19.7 Å². The number of benzene rings is 1. The normalized spacial score (nSPS) is 18.7. The molecular weight excluding hydrogens is 410 g/mol. The quantitative estimate of drug-likeness (QED) is 0.400. The predicted octanol–water partition coefficient (Wildman–Crippen LogP) is 4.22. The lowest BCUT2D eigenvalue weighted by atomic mass is 10.0. The molecule has 0 bridgehead atoms. The first-order valence-electron chi connectivity index (χ1n) is 12.0. The topological polar surface area (TPSA) is 87.8 Å². The molecule has 1 atom stereocenters. The average Bonchev–Trinajstić information content (AvgIpc) is 3.45. The van der Waals surface area contributed by atoms with Gasteiger partial charge in [0.15, 0.2) is 0 Å². The van der Waals surface area contributed by atoms with Crippen molar-refractivity contribution in [2.45, 2.75) is 50.7 Å². The average molecular weight is 442 g/mol. The molecule has 170 valence electrons. The van der Waals surface area contributed by atoms with Gasteiger partial charge in [-0.2, -0.15) is 5.10 Å². The summed E-state index contributed by atoms with van der Waals surface area (Å²) in [7, 11) is 0. The van der Waals surface area contributed by atoms with Crippen molar-refractivity contribution in [1.29, 1.82) is 0 Å². The van der Waals surface area contributed by atoms with E-state index >= 15 is 0 Å². The van der Waals surface area contributed by atoms with E-state index in [1.807, 2.05) is 16.9 Å². The zero-order valence-corrected chi connectivity index (χ0v) is 18.9. The SMILES string of the molecule is N[C@@H]1CCCN(c2c(C3CC3)cnc3[nH]cc(NCc4cnn(Cc5ccccc5)c4)c23)C1. The van der Waals surface area contributed by atoms with Crippen molar-refractivity contribution in [2.24, 2.45) is 5.73 Å². The highest BCUT2D eigenvalue weighted by Crippen LogP contribution is 2.48. The highest BCUT2D eigenvalue weighted by molar-refractivity contribution is 6.02. The molecule has 0 amide bonds. The molecule has 1 saturated carbocycles. The van der Waals surface area contributed by atoms with Gasteiger partial charge in [0.05, 0.1) is 29.5 Å². The number of aromatic nitrogens is 4. The molecule has 3 aromatic heterocycles. The Kier molecular flexibility index (Phi) is 5.26. The van der Waals surface area contributed by atoms with Crippen LogP contribution in [0.3, 0.4) is 0 Å². The van der Waals surface area contributed by atoms with E-state index in [1.165, 1.54) is 35.0 Å². The zero-order valence-electron chi connectivity index (χ0n) is 18.9. The number of aromatic amines is 1. The molecule has 2 aliphatic rings. The summed E-state index contributed by atoms with van der Waals surface area (Å²) in [4.78, 5) is 10.7. The van der Waals surface area contributed by atoms with Crippen LogP contribution < -0.4 is 16.0 Å². The summed E-state index contributed by atoms with van der Waals surface area (Å²) in [5, 5.41) is 9.41. The third-order valence-corrected chi connectivity index (χ3v) is 6.85. The summed E-state index contributed by atoms with van der Waals surface area (Å²) in [6.07, 6.45) is 13.0. The van der Waals surface area contributed by atoms with Crippen molar-refractivity contribution in [3.8, 4) is 0 Å². The van der Waals surface area contributed by atoms with Gasteiger partial charge in [-0.15, -0.1) is 0 Å². The van der Waals surface area contributed by atoms with Crippen molar-refractivity contribution in [3.05, 3.63) is 71.8 Å². The predicted molar refractivity (Wildman–Crippen MR) is 133 cm³/mol. The second-order valence-electron chi connectivity index (χ2n) is 9.50. The molecule has 7 nitrogen and oxygen atoms in total. The summed E-state index contributed by atoms with van der Waals surface area (Å²) >= 11 is 0. The summed E-state index contributed by atoms with van der Waals surface area (Å²) in [6.45, 7) is 3.47. The van der Waals surface area contributed by atoms with Gasteiger partial charge in [0.25, 0.3) is 0 Å². The van der Waals surface area contributed by atoms with E-state index in [2.05, 4.69) is 63.2 Å². The third-order valence-electron chi connectivity index (χ3n) is 6.85. The van der Waals surface area contributed by atoms with Crippen LogP contribution in [0, 0.1) is 0 Å². The van der Waals surface area contributed by atoms with Crippen molar-refractivity contribution in [3.63, 3.8) is 0 Å². The van der Waals surface area contributed by atoms with Crippen LogP contribution >= 0.6 is 0 Å². The van der Waals surface area contributed by atoms with E-state index in [0.717, 1.165) is 49.4 Å². The molecule has 4 N–H and O–H groups in total. The van der Waals surface area contributed by atoms with Crippen LogP contribution in [-0.4, -0.2) is 38.9 Å². The molecule has 1 saturated heterocycles. The monoisotopic (exact) mass is 441 g/mol. The van der Waals surface area contributed by atoms with E-state index in [4.69, 9.17) is 10.7 Å². The fourth-order valence-electron chi connectivity index (χ4n) is 5.03. The standard InChI is InChI=1S/C26H31N7/c27-21-7-4-10-32(17-21)25-22(20-8-9-20)13-29-26-24(25)23(14-30-26)28-11-19-12-31-33(16-19)15-18-5-2-1-3-6-18/h1-3,5-6,12-14,16,20-21,28H,4,7-11,15,17,27H2,(H,29,30)/t21-/m1/s1. The van der Waals surface area contributed by atoms with Crippen molar-refractivity contribution >= 4 is 22.4 Å². The van der Waals surface area contributed by atoms with E-state index in [-0.39, 0.29) is 6.04 Å². The molecule has 1 aromatic carbocycles. The molecule has 6 rings (SSSR count). The summed E-state index contributed by atoms with van der Waals surface area (Å²) in [6, 6.07) is 10.7. The van der Waals surface area contributed by atoms with Crippen LogP contribution in [0.1, 0.15) is 48.3 Å². The van der Waals surface area contributed by atoms with Gasteiger partial charge in [0.1, 0.15) is 5.65 Å². The second-order valence-corrected chi connectivity index (χ2v) is 9.50. The van der Waals surface area contributed by atoms with Crippen LogP contribution in [0.5, 0.6) is 0 Å². The lowest BCUT2D eigenvalue weighted by Gasteiger charge is -2.34. The smallest absolute Gasteiger partial charge is 0.141 e. The fourth-order valence-corrected chi connectivity index (χ4v) is 5.03. The first-order valence-corrected chi connectivity index (χ1v) is 12.0. The van der Waals surface area contributed by atoms with E-state index in [1.54, 1.807) is 0 Å². The van der Waals surface area contributed by atoms with Crippen molar-refractivity contribution < 1.29 is 0 Å². The minimum Gasteiger partial charge on any atom is -0.379 e. The van der Waals surface area contributed by atoms with E-state index in [9.17, 15) is 0 Å². The Labute approximate surface area is 194 Å². The Morgan fingerprint density at radius 2 is 1.97 bits per heavy atom. The maximum absolute atomic E-state index is 6.36. The van der Waals surface area contributed by atoms with Gasteiger partial charge in [0, 0.05) is 49.8 Å². The maximum Gasteiger partial charge on any atom is 0.141 e. The van der Waals surface area contributed by atoms with Crippen LogP contribution in [0.15, 0.2) is 55.1 Å². The minimum absolute atomic E-state index is 0.236. The molecule has 1 aliphatic carbocycles. The highest BCUT2D eigenvalue weighted by atomic mass is 15.3. The molecule has 0 unspecified atom stereocenters. The van der Waals surface area contributed by atoms with Crippen molar-refractivity contribution in [2.75, 3.05) is 23.3 Å². The number of nitrogens with zero attached hydrogens (tertiary/aromatic N) is 4. The minimum atomic E-state index is 0.236. The van der Waals surface area contributed by atoms with Gasteiger partial charge in [-0.3, -0.25) is 4.68 Å². The van der Waals surface area contributed by atoms with Crippen LogP contribution in [-0.2, 0) is 13.1 Å². The Bertz CT molecular complexity index is 1240. The number of fused-ring (bicyclic) bond motifs is 1. The third kappa shape index (κ3) is 4.20. The molecule has 2 fully saturated rings. The fraction of sp³-hybridized carbons (Fsp3) is 0.385. The number of anilines is 2. The first-order chi connectivity index (χ1) is 16.2. The molecule has 0 spiro atoms. The molecular formula is C26H31N7. The number of pyridine rings is 1. The van der Waals surface area contributed by atoms with Gasteiger partial charge in [-0.1, -0.05) is 30.3 Å². The summed E-state index contributed by atoms with van der Waals surface area (Å²) in [5.41, 5.74) is 13.5. The molecule has 1 aliphatic heterocycles. The number of nitrogens with one attached hydrogen (secondary N) is 2. The van der Waals surface area contributed by atoms with E-state index < -0.39 is 0 Å².